The van der Waals surface area contributed by atoms with Gasteiger partial charge < -0.3 is 19.5 Å². The minimum atomic E-state index is -0.826. The van der Waals surface area contributed by atoms with Gasteiger partial charge in [0.1, 0.15) is 0 Å². The first-order valence-electron chi connectivity index (χ1n) is 8.24. The van der Waals surface area contributed by atoms with E-state index in [-0.39, 0.29) is 12.3 Å². The summed E-state index contributed by atoms with van der Waals surface area (Å²) < 4.78 is 15.6. The van der Waals surface area contributed by atoms with E-state index in [4.69, 9.17) is 14.2 Å². The Kier molecular flexibility index (Phi) is 7.47. The normalized spacial score (nSPS) is 11.5. The minimum Gasteiger partial charge on any atom is -0.493 e. The number of hydrogen-bond acceptors (Lipinski definition) is 6. The van der Waals surface area contributed by atoms with Gasteiger partial charge in [-0.1, -0.05) is 12.1 Å². The molecule has 140 valence electrons. The summed E-state index contributed by atoms with van der Waals surface area (Å²) in [6.45, 7) is 2.00. The summed E-state index contributed by atoms with van der Waals surface area (Å²) >= 11 is 1.56. The maximum Gasteiger partial charge on any atom is 0.306 e. The number of hydrogen-bond donors (Lipinski definition) is 1. The van der Waals surface area contributed by atoms with E-state index in [9.17, 15) is 9.59 Å². The highest BCUT2D eigenvalue weighted by molar-refractivity contribution is 7.09. The van der Waals surface area contributed by atoms with Gasteiger partial charge in [-0.3, -0.25) is 9.59 Å². The van der Waals surface area contributed by atoms with Crippen LogP contribution in [-0.4, -0.2) is 32.2 Å². The smallest absolute Gasteiger partial charge is 0.306 e. The van der Waals surface area contributed by atoms with E-state index >= 15 is 0 Å². The molecule has 0 fully saturated rings. The quantitative estimate of drug-likeness (QED) is 0.680. The topological polar surface area (TPSA) is 73.9 Å². The van der Waals surface area contributed by atoms with Crippen LogP contribution in [0.5, 0.6) is 11.5 Å². The van der Waals surface area contributed by atoms with Crippen molar-refractivity contribution in [2.75, 3.05) is 14.2 Å². The highest BCUT2D eigenvalue weighted by Gasteiger charge is 2.17. The predicted molar refractivity (Wildman–Crippen MR) is 99.6 cm³/mol. The Balaban J connectivity index is 1.77. The van der Waals surface area contributed by atoms with E-state index in [0.29, 0.717) is 24.5 Å². The van der Waals surface area contributed by atoms with Gasteiger partial charge in [-0.15, -0.1) is 11.3 Å². The molecule has 0 aliphatic carbocycles. The molecule has 0 unspecified atom stereocenters. The lowest BCUT2D eigenvalue weighted by atomic mass is 10.1. The van der Waals surface area contributed by atoms with Crippen LogP contribution < -0.4 is 14.8 Å². The number of amides is 1. The Hall–Kier alpha value is -2.54. The molecular formula is C19H23NO5S. The Morgan fingerprint density at radius 3 is 2.58 bits per heavy atom. The number of aryl methyl sites for hydroxylation is 1. The van der Waals surface area contributed by atoms with Gasteiger partial charge in [-0.25, -0.2) is 0 Å². The maximum atomic E-state index is 12.0. The Morgan fingerprint density at radius 1 is 1.15 bits per heavy atom. The highest BCUT2D eigenvalue weighted by Crippen LogP contribution is 2.28. The second-order valence-corrected chi connectivity index (χ2v) is 6.65. The standard InChI is InChI=1S/C19H23NO5S/c1-13(19(22)20-12-15-5-4-10-26-15)25-18(21)9-7-14-6-8-16(23-2)17(11-14)24-3/h4-6,8,10-11,13H,7,9,12H2,1-3H3,(H,20,22)/t13-/m0/s1. The maximum absolute atomic E-state index is 12.0. The van der Waals surface area contributed by atoms with Crippen LogP contribution in [0, 0.1) is 0 Å². The first kappa shape index (κ1) is 19.8. The molecule has 1 aromatic carbocycles. The minimum absolute atomic E-state index is 0.179. The molecule has 6 nitrogen and oxygen atoms in total. The largest absolute Gasteiger partial charge is 0.493 e. The van der Waals surface area contributed by atoms with Crippen molar-refractivity contribution in [1.82, 2.24) is 5.32 Å². The third-order valence-electron chi connectivity index (χ3n) is 3.76. The fourth-order valence-electron chi connectivity index (χ4n) is 2.32. The average molecular weight is 377 g/mol. The van der Waals surface area contributed by atoms with Crippen LogP contribution >= 0.6 is 11.3 Å². The van der Waals surface area contributed by atoms with Gasteiger partial charge in [-0.2, -0.15) is 0 Å². The summed E-state index contributed by atoms with van der Waals surface area (Å²) in [6, 6.07) is 9.34. The lowest BCUT2D eigenvalue weighted by Gasteiger charge is -2.13. The van der Waals surface area contributed by atoms with Crippen molar-refractivity contribution >= 4 is 23.2 Å². The molecule has 0 saturated carbocycles. The molecule has 26 heavy (non-hydrogen) atoms. The molecule has 2 aromatic rings. The summed E-state index contributed by atoms with van der Waals surface area (Å²) in [5.41, 5.74) is 0.925. The monoisotopic (exact) mass is 377 g/mol. The molecule has 0 radical (unpaired) electrons. The molecule has 0 bridgehead atoms. The van der Waals surface area contributed by atoms with Gasteiger partial charge in [0.2, 0.25) is 0 Å². The third-order valence-corrected chi connectivity index (χ3v) is 4.64. The molecule has 1 aromatic heterocycles. The van der Waals surface area contributed by atoms with Crippen molar-refractivity contribution < 1.29 is 23.8 Å². The number of rotatable bonds is 9. The van der Waals surface area contributed by atoms with E-state index < -0.39 is 12.1 Å². The van der Waals surface area contributed by atoms with Gasteiger partial charge in [-0.05, 0) is 42.5 Å². The first-order chi connectivity index (χ1) is 12.5. The van der Waals surface area contributed by atoms with Gasteiger partial charge >= 0.3 is 5.97 Å². The Labute approximate surface area is 157 Å². The van der Waals surface area contributed by atoms with Crippen LogP contribution in [0.3, 0.4) is 0 Å². The van der Waals surface area contributed by atoms with Crippen LogP contribution in [-0.2, 0) is 27.3 Å². The molecule has 1 heterocycles. The Morgan fingerprint density at radius 2 is 1.92 bits per heavy atom. The molecule has 0 aliphatic heterocycles. The summed E-state index contributed by atoms with van der Waals surface area (Å²) in [5.74, 6) is 0.519. The van der Waals surface area contributed by atoms with Crippen LogP contribution in [0.25, 0.3) is 0 Å². The summed E-state index contributed by atoms with van der Waals surface area (Å²) in [5, 5.41) is 4.70. The fraction of sp³-hybridized carbons (Fsp3) is 0.368. The molecule has 0 aliphatic rings. The Bertz CT molecular complexity index is 730. The molecule has 0 saturated heterocycles. The molecule has 2 rings (SSSR count). The van der Waals surface area contributed by atoms with Crippen molar-refractivity contribution in [3.05, 3.63) is 46.2 Å². The van der Waals surface area contributed by atoms with Crippen LogP contribution in [0.1, 0.15) is 23.8 Å². The zero-order valence-electron chi connectivity index (χ0n) is 15.1. The second-order valence-electron chi connectivity index (χ2n) is 5.62. The number of nitrogens with one attached hydrogen (secondary N) is 1. The number of thiophene rings is 1. The average Bonchev–Trinajstić information content (AvgIpc) is 3.17. The highest BCUT2D eigenvalue weighted by atomic mass is 32.1. The molecule has 7 heteroatoms. The van der Waals surface area contributed by atoms with Gasteiger partial charge in [0.25, 0.3) is 5.91 Å². The molecule has 1 atom stereocenters. The number of methoxy groups -OCH3 is 2. The second kappa shape index (κ2) is 9.82. The van der Waals surface area contributed by atoms with Crippen molar-refractivity contribution in [3.8, 4) is 11.5 Å². The van der Waals surface area contributed by atoms with Crippen molar-refractivity contribution in [1.29, 1.82) is 0 Å². The van der Waals surface area contributed by atoms with E-state index in [1.165, 1.54) is 0 Å². The summed E-state index contributed by atoms with van der Waals surface area (Å²) in [7, 11) is 3.13. The van der Waals surface area contributed by atoms with Crippen LogP contribution in [0.15, 0.2) is 35.7 Å². The molecule has 0 spiro atoms. The molecular weight excluding hydrogens is 354 g/mol. The lowest BCUT2D eigenvalue weighted by molar-refractivity contribution is -0.154. The van der Waals surface area contributed by atoms with E-state index in [0.717, 1.165) is 10.4 Å². The predicted octanol–water partition coefficient (Wildman–Crippen LogP) is 2.95. The number of ether oxygens (including phenoxy) is 3. The van der Waals surface area contributed by atoms with E-state index in [1.54, 1.807) is 38.5 Å². The van der Waals surface area contributed by atoms with E-state index in [1.807, 2.05) is 29.6 Å². The summed E-state index contributed by atoms with van der Waals surface area (Å²) in [4.78, 5) is 25.0. The number of carbonyl (C=O) groups is 2. The number of benzene rings is 1. The molecule has 1 amide bonds. The zero-order valence-corrected chi connectivity index (χ0v) is 15.9. The van der Waals surface area contributed by atoms with E-state index in [2.05, 4.69) is 5.32 Å². The molecule has 1 N–H and O–H groups in total. The SMILES string of the molecule is COc1ccc(CCC(=O)O[C@@H](C)C(=O)NCc2cccs2)cc1OC. The van der Waals surface area contributed by atoms with Crippen LogP contribution in [0.4, 0.5) is 0 Å². The van der Waals surface area contributed by atoms with Crippen molar-refractivity contribution in [2.45, 2.75) is 32.4 Å². The van der Waals surface area contributed by atoms with Crippen molar-refractivity contribution in [3.63, 3.8) is 0 Å². The number of carbonyl (C=O) groups excluding carboxylic acids is 2. The lowest BCUT2D eigenvalue weighted by Crippen LogP contribution is -2.35. The van der Waals surface area contributed by atoms with Gasteiger partial charge in [0.15, 0.2) is 17.6 Å². The van der Waals surface area contributed by atoms with Crippen LogP contribution in [0.2, 0.25) is 0 Å². The first-order valence-corrected chi connectivity index (χ1v) is 9.12. The van der Waals surface area contributed by atoms with Crippen molar-refractivity contribution in [2.24, 2.45) is 0 Å². The summed E-state index contributed by atoms with van der Waals surface area (Å²) in [6.07, 6.45) is -0.159. The zero-order chi connectivity index (χ0) is 18.9. The fourth-order valence-corrected chi connectivity index (χ4v) is 2.97. The van der Waals surface area contributed by atoms with Gasteiger partial charge in [0, 0.05) is 11.3 Å². The third kappa shape index (κ3) is 5.77. The number of esters is 1. The van der Waals surface area contributed by atoms with Gasteiger partial charge in [0.05, 0.1) is 20.8 Å².